The Morgan fingerprint density at radius 3 is 2.25 bits per heavy atom. The molecule has 7 nitrogen and oxygen atoms in total. The minimum Gasteiger partial charge on any atom is -0.322 e. The number of benzene rings is 1. The molecule has 0 spiro atoms. The van der Waals surface area contributed by atoms with Gasteiger partial charge in [0.25, 0.3) is 10.2 Å². The van der Waals surface area contributed by atoms with Crippen LogP contribution in [0.15, 0.2) is 18.2 Å². The molecule has 156 valence electrons. The molecule has 3 rings (SSSR count). The van der Waals surface area contributed by atoms with E-state index in [4.69, 9.17) is 11.6 Å². The van der Waals surface area contributed by atoms with Crippen molar-refractivity contribution in [3.8, 4) is 0 Å². The number of rotatable bonds is 5. The van der Waals surface area contributed by atoms with E-state index in [0.717, 1.165) is 25.7 Å². The van der Waals surface area contributed by atoms with Crippen molar-refractivity contribution in [2.24, 2.45) is 0 Å². The van der Waals surface area contributed by atoms with Gasteiger partial charge in [-0.25, -0.2) is 4.39 Å². The third-order valence-electron chi connectivity index (χ3n) is 5.12. The van der Waals surface area contributed by atoms with Crippen LogP contribution in [0.1, 0.15) is 25.7 Å². The van der Waals surface area contributed by atoms with Crippen molar-refractivity contribution in [1.29, 1.82) is 0 Å². The molecule has 1 N–H and O–H groups in total. The maximum atomic E-state index is 13.7. The highest BCUT2D eigenvalue weighted by atomic mass is 35.5. The number of nitrogens with one attached hydrogen (secondary N) is 1. The number of carbonyl (C=O) groups is 1. The average Bonchev–Trinajstić information content (AvgIpc) is 2.95. The van der Waals surface area contributed by atoms with Crippen LogP contribution in [-0.4, -0.2) is 73.6 Å². The van der Waals surface area contributed by atoms with Gasteiger partial charge in [0.15, 0.2) is 0 Å². The summed E-state index contributed by atoms with van der Waals surface area (Å²) in [6.07, 6.45) is 3.95. The lowest BCUT2D eigenvalue weighted by Crippen LogP contribution is -2.54. The number of amides is 1. The quantitative estimate of drug-likeness (QED) is 0.773. The van der Waals surface area contributed by atoms with Crippen molar-refractivity contribution in [3.63, 3.8) is 0 Å². The standard InChI is InChI=1S/C18H26ClFN4O3S/c19-15-5-6-16(20)17(13-15)21-18(25)14-22-9-11-24(12-10-22)28(26,27)23-7-3-1-2-4-8-23/h5-6,13H,1-4,7-12,14H2,(H,21,25). The van der Waals surface area contributed by atoms with E-state index < -0.39 is 16.0 Å². The van der Waals surface area contributed by atoms with Gasteiger partial charge >= 0.3 is 0 Å². The first-order chi connectivity index (χ1) is 13.4. The van der Waals surface area contributed by atoms with Gasteiger partial charge in [-0.3, -0.25) is 9.69 Å². The molecule has 2 aliphatic heterocycles. The normalized spacial score (nSPS) is 20.6. The first kappa shape index (κ1) is 21.4. The van der Waals surface area contributed by atoms with Crippen LogP contribution in [0.3, 0.4) is 0 Å². The lowest BCUT2D eigenvalue weighted by Gasteiger charge is -2.36. The van der Waals surface area contributed by atoms with Crippen molar-refractivity contribution < 1.29 is 17.6 Å². The fourth-order valence-corrected chi connectivity index (χ4v) is 5.38. The highest BCUT2D eigenvalue weighted by Gasteiger charge is 2.32. The van der Waals surface area contributed by atoms with Crippen molar-refractivity contribution >= 4 is 33.4 Å². The van der Waals surface area contributed by atoms with Gasteiger partial charge in [0.05, 0.1) is 12.2 Å². The van der Waals surface area contributed by atoms with Crippen LogP contribution in [0, 0.1) is 5.82 Å². The number of nitrogens with zero attached hydrogens (tertiary/aromatic N) is 3. The Labute approximate surface area is 170 Å². The summed E-state index contributed by atoms with van der Waals surface area (Å²) in [4.78, 5) is 14.1. The van der Waals surface area contributed by atoms with E-state index in [-0.39, 0.29) is 18.1 Å². The van der Waals surface area contributed by atoms with Crippen molar-refractivity contribution in [2.45, 2.75) is 25.7 Å². The Morgan fingerprint density at radius 2 is 1.61 bits per heavy atom. The SMILES string of the molecule is O=C(CN1CCN(S(=O)(=O)N2CCCCCC2)CC1)Nc1cc(Cl)ccc1F. The largest absolute Gasteiger partial charge is 0.322 e. The summed E-state index contributed by atoms with van der Waals surface area (Å²) < 4.78 is 42.5. The van der Waals surface area contributed by atoms with Crippen molar-refractivity contribution in [3.05, 3.63) is 29.0 Å². The van der Waals surface area contributed by atoms with Crippen molar-refractivity contribution in [1.82, 2.24) is 13.5 Å². The van der Waals surface area contributed by atoms with E-state index in [9.17, 15) is 17.6 Å². The maximum Gasteiger partial charge on any atom is 0.282 e. The van der Waals surface area contributed by atoms with E-state index in [1.165, 1.54) is 22.5 Å². The van der Waals surface area contributed by atoms with Gasteiger partial charge in [-0.05, 0) is 31.0 Å². The molecule has 0 radical (unpaired) electrons. The Hall–Kier alpha value is -1.26. The monoisotopic (exact) mass is 432 g/mol. The summed E-state index contributed by atoms with van der Waals surface area (Å²) in [5, 5.41) is 2.86. The van der Waals surface area contributed by atoms with Gasteiger partial charge in [-0.2, -0.15) is 17.0 Å². The second kappa shape index (κ2) is 9.49. The molecule has 10 heteroatoms. The van der Waals surface area contributed by atoms with Crippen molar-refractivity contribution in [2.75, 3.05) is 51.1 Å². The van der Waals surface area contributed by atoms with Gasteiger partial charge in [0.2, 0.25) is 5.91 Å². The summed E-state index contributed by atoms with van der Waals surface area (Å²) >= 11 is 5.83. The van der Waals surface area contributed by atoms with Gasteiger partial charge in [-0.15, -0.1) is 0 Å². The zero-order valence-corrected chi connectivity index (χ0v) is 17.3. The van der Waals surface area contributed by atoms with Crippen LogP contribution in [0.5, 0.6) is 0 Å². The second-order valence-electron chi connectivity index (χ2n) is 7.17. The molecule has 1 aromatic rings. The number of anilines is 1. The number of carbonyl (C=O) groups excluding carboxylic acids is 1. The Bertz CT molecular complexity index is 792. The van der Waals surface area contributed by atoms with Crippen LogP contribution in [0.2, 0.25) is 5.02 Å². The summed E-state index contributed by atoms with van der Waals surface area (Å²) in [5.41, 5.74) is 0.0416. The minimum atomic E-state index is -3.44. The summed E-state index contributed by atoms with van der Waals surface area (Å²) in [5.74, 6) is -0.906. The molecule has 0 aromatic heterocycles. The summed E-state index contributed by atoms with van der Waals surface area (Å²) in [6, 6.07) is 3.97. The van der Waals surface area contributed by atoms with Crippen LogP contribution in [-0.2, 0) is 15.0 Å². The molecule has 0 saturated carbocycles. The molecule has 2 fully saturated rings. The number of piperazine rings is 1. The first-order valence-corrected chi connectivity index (χ1v) is 11.4. The van der Waals surface area contributed by atoms with Gasteiger partial charge in [0, 0.05) is 44.3 Å². The van der Waals surface area contributed by atoms with Crippen LogP contribution >= 0.6 is 11.6 Å². The molecule has 0 aliphatic carbocycles. The molecule has 1 amide bonds. The fourth-order valence-electron chi connectivity index (χ4n) is 3.54. The summed E-state index contributed by atoms with van der Waals surface area (Å²) in [7, 11) is -3.44. The van der Waals surface area contributed by atoms with E-state index in [1.54, 1.807) is 4.31 Å². The van der Waals surface area contributed by atoms with E-state index >= 15 is 0 Å². The number of hydrogen-bond donors (Lipinski definition) is 1. The third-order valence-corrected chi connectivity index (χ3v) is 7.39. The Balaban J connectivity index is 1.50. The number of hydrogen-bond acceptors (Lipinski definition) is 4. The van der Waals surface area contributed by atoms with E-state index in [1.807, 2.05) is 4.90 Å². The van der Waals surface area contributed by atoms with Gasteiger partial charge < -0.3 is 5.32 Å². The Morgan fingerprint density at radius 1 is 1.00 bits per heavy atom. The number of halogens is 2. The highest BCUT2D eigenvalue weighted by molar-refractivity contribution is 7.86. The molecule has 0 unspecified atom stereocenters. The molecule has 1 aromatic carbocycles. The average molecular weight is 433 g/mol. The Kier molecular flexibility index (Phi) is 7.27. The topological polar surface area (TPSA) is 73.0 Å². The van der Waals surface area contributed by atoms with Crippen LogP contribution in [0.4, 0.5) is 10.1 Å². The maximum absolute atomic E-state index is 13.7. The molecule has 2 aliphatic rings. The second-order valence-corrected chi connectivity index (χ2v) is 9.53. The molecule has 2 saturated heterocycles. The molecular formula is C18H26ClFN4O3S. The lowest BCUT2D eigenvalue weighted by molar-refractivity contribution is -0.117. The molecule has 2 heterocycles. The molecule has 28 heavy (non-hydrogen) atoms. The zero-order valence-electron chi connectivity index (χ0n) is 15.7. The smallest absolute Gasteiger partial charge is 0.282 e. The molecule has 0 bridgehead atoms. The highest BCUT2D eigenvalue weighted by Crippen LogP contribution is 2.20. The summed E-state index contributed by atoms with van der Waals surface area (Å²) in [6.45, 7) is 2.84. The predicted molar refractivity (Wildman–Crippen MR) is 107 cm³/mol. The van der Waals surface area contributed by atoms with Crippen LogP contribution < -0.4 is 5.32 Å². The fraction of sp³-hybridized carbons (Fsp3) is 0.611. The minimum absolute atomic E-state index is 0.0416. The van der Waals surface area contributed by atoms with Crippen LogP contribution in [0.25, 0.3) is 0 Å². The zero-order chi connectivity index (χ0) is 20.1. The van der Waals surface area contributed by atoms with E-state index in [2.05, 4.69) is 5.32 Å². The lowest BCUT2D eigenvalue weighted by atomic mass is 10.2. The first-order valence-electron chi connectivity index (χ1n) is 9.59. The predicted octanol–water partition coefficient (Wildman–Crippen LogP) is 2.16. The molecule has 0 atom stereocenters. The molecular weight excluding hydrogens is 407 g/mol. The van der Waals surface area contributed by atoms with E-state index in [0.29, 0.717) is 44.3 Å². The van der Waals surface area contributed by atoms with Gasteiger partial charge in [-0.1, -0.05) is 24.4 Å². The van der Waals surface area contributed by atoms with Gasteiger partial charge in [0.1, 0.15) is 5.82 Å². The third kappa shape index (κ3) is 5.42.